The molecule has 2 aromatic heterocycles. The lowest BCUT2D eigenvalue weighted by Gasteiger charge is -2.14. The third-order valence-corrected chi connectivity index (χ3v) is 5.59. The fourth-order valence-electron chi connectivity index (χ4n) is 2.98. The molecule has 2 heterocycles. The predicted molar refractivity (Wildman–Crippen MR) is 120 cm³/mol. The first kappa shape index (κ1) is 20.3. The van der Waals surface area contributed by atoms with Gasteiger partial charge in [-0.15, -0.1) is 10.2 Å². The van der Waals surface area contributed by atoms with Crippen molar-refractivity contribution in [1.82, 2.24) is 19.7 Å². The zero-order chi connectivity index (χ0) is 21.6. The van der Waals surface area contributed by atoms with E-state index >= 15 is 0 Å². The van der Waals surface area contributed by atoms with Crippen molar-refractivity contribution in [3.63, 3.8) is 0 Å². The number of rotatable bonds is 6. The molecular weight excluding hydrogens is 408 g/mol. The highest BCUT2D eigenvalue weighted by molar-refractivity contribution is 8.00. The molecule has 0 fully saturated rings. The van der Waals surface area contributed by atoms with Crippen LogP contribution in [0.3, 0.4) is 0 Å². The fourth-order valence-corrected chi connectivity index (χ4v) is 3.85. The van der Waals surface area contributed by atoms with Crippen LogP contribution in [0.25, 0.3) is 17.1 Å². The third-order valence-electron chi connectivity index (χ3n) is 4.54. The molecule has 4 aromatic rings. The molecule has 152 valence electrons. The molecule has 2 aromatic carbocycles. The maximum absolute atomic E-state index is 12.8. The molecule has 7 nitrogen and oxygen atoms in total. The summed E-state index contributed by atoms with van der Waals surface area (Å²) in [5.74, 6) is 0.444. The topological polar surface area (TPSA) is 96.5 Å². The maximum atomic E-state index is 12.8. The van der Waals surface area contributed by atoms with Crippen LogP contribution in [0, 0.1) is 11.3 Å². The van der Waals surface area contributed by atoms with E-state index in [-0.39, 0.29) is 5.91 Å². The van der Waals surface area contributed by atoms with Crippen LogP contribution in [0.1, 0.15) is 12.5 Å². The van der Waals surface area contributed by atoms with Crippen molar-refractivity contribution in [2.75, 3.05) is 5.32 Å². The molecular formula is C23H18N6OS. The minimum absolute atomic E-state index is 0.222. The minimum atomic E-state index is -0.469. The Bertz CT molecular complexity index is 1230. The van der Waals surface area contributed by atoms with Crippen LogP contribution in [0.15, 0.2) is 84.3 Å². The number of thioether (sulfide) groups is 1. The summed E-state index contributed by atoms with van der Waals surface area (Å²) >= 11 is 1.30. The smallest absolute Gasteiger partial charge is 0.237 e. The van der Waals surface area contributed by atoms with Crippen molar-refractivity contribution in [2.45, 2.75) is 17.3 Å². The first-order valence-corrected chi connectivity index (χ1v) is 10.4. The first-order valence-electron chi connectivity index (χ1n) is 9.55. The minimum Gasteiger partial charge on any atom is -0.324 e. The van der Waals surface area contributed by atoms with Crippen LogP contribution in [0.2, 0.25) is 0 Å². The summed E-state index contributed by atoms with van der Waals surface area (Å²) < 4.78 is 1.92. The molecule has 0 spiro atoms. The summed E-state index contributed by atoms with van der Waals surface area (Å²) in [4.78, 5) is 16.9. The Labute approximate surface area is 183 Å². The number of carbonyl (C=O) groups is 1. The van der Waals surface area contributed by atoms with E-state index in [0.717, 1.165) is 11.3 Å². The number of aromatic nitrogens is 4. The van der Waals surface area contributed by atoms with E-state index < -0.39 is 5.25 Å². The number of amides is 1. The van der Waals surface area contributed by atoms with Gasteiger partial charge in [-0.3, -0.25) is 14.3 Å². The lowest BCUT2D eigenvalue weighted by atomic mass is 10.2. The Morgan fingerprint density at radius 2 is 1.74 bits per heavy atom. The number of nitrogens with zero attached hydrogens (tertiary/aromatic N) is 5. The van der Waals surface area contributed by atoms with E-state index in [1.165, 1.54) is 11.8 Å². The van der Waals surface area contributed by atoms with Crippen LogP contribution >= 0.6 is 11.8 Å². The molecule has 0 saturated heterocycles. The Kier molecular flexibility index (Phi) is 6.05. The Hall–Kier alpha value is -3.96. The van der Waals surface area contributed by atoms with Gasteiger partial charge in [0, 0.05) is 23.6 Å². The summed E-state index contributed by atoms with van der Waals surface area (Å²) in [5.41, 5.74) is 2.67. The number of para-hydroxylation sites is 2. The van der Waals surface area contributed by atoms with E-state index in [0.29, 0.717) is 22.2 Å². The highest BCUT2D eigenvalue weighted by atomic mass is 32.2. The van der Waals surface area contributed by atoms with Gasteiger partial charge >= 0.3 is 0 Å². The monoisotopic (exact) mass is 426 g/mol. The molecule has 4 rings (SSSR count). The van der Waals surface area contributed by atoms with Crippen LogP contribution in [-0.4, -0.2) is 30.9 Å². The van der Waals surface area contributed by atoms with Gasteiger partial charge < -0.3 is 5.32 Å². The molecule has 0 aliphatic rings. The lowest BCUT2D eigenvalue weighted by molar-refractivity contribution is -0.115. The molecule has 0 bridgehead atoms. The van der Waals surface area contributed by atoms with Gasteiger partial charge in [-0.1, -0.05) is 42.1 Å². The molecule has 0 aliphatic heterocycles. The van der Waals surface area contributed by atoms with Crippen molar-refractivity contribution in [1.29, 1.82) is 5.26 Å². The molecule has 0 saturated carbocycles. The van der Waals surface area contributed by atoms with Gasteiger partial charge in [0.25, 0.3) is 0 Å². The van der Waals surface area contributed by atoms with Gasteiger partial charge in [0.2, 0.25) is 5.91 Å². The third kappa shape index (κ3) is 4.47. The second-order valence-electron chi connectivity index (χ2n) is 6.62. The van der Waals surface area contributed by atoms with Crippen LogP contribution in [0.4, 0.5) is 5.69 Å². The normalized spacial score (nSPS) is 11.5. The van der Waals surface area contributed by atoms with E-state index in [2.05, 4.69) is 26.6 Å². The number of benzene rings is 2. The average Bonchev–Trinajstić information content (AvgIpc) is 3.24. The predicted octanol–water partition coefficient (Wildman–Crippen LogP) is 4.32. The Morgan fingerprint density at radius 3 is 2.48 bits per heavy atom. The summed E-state index contributed by atoms with van der Waals surface area (Å²) in [7, 11) is 0. The van der Waals surface area contributed by atoms with Gasteiger partial charge in [-0.2, -0.15) is 5.26 Å². The summed E-state index contributed by atoms with van der Waals surface area (Å²) in [6.07, 6.45) is 3.41. The first-order chi connectivity index (χ1) is 15.2. The number of pyridine rings is 1. The summed E-state index contributed by atoms with van der Waals surface area (Å²) in [6.45, 7) is 1.80. The molecule has 0 aliphatic carbocycles. The van der Waals surface area contributed by atoms with Crippen molar-refractivity contribution >= 4 is 23.4 Å². The fraction of sp³-hybridized carbons (Fsp3) is 0.0870. The molecule has 8 heteroatoms. The van der Waals surface area contributed by atoms with Crippen molar-refractivity contribution in [3.05, 3.63) is 84.7 Å². The van der Waals surface area contributed by atoms with Crippen LogP contribution in [-0.2, 0) is 4.79 Å². The Morgan fingerprint density at radius 1 is 1.03 bits per heavy atom. The number of hydrogen-bond donors (Lipinski definition) is 1. The molecule has 1 atom stereocenters. The van der Waals surface area contributed by atoms with Gasteiger partial charge in [0.15, 0.2) is 11.0 Å². The van der Waals surface area contributed by atoms with Crippen molar-refractivity contribution < 1.29 is 4.79 Å². The number of anilines is 1. The standard InChI is InChI=1S/C23H18N6OS/c1-16(22(30)26-20-10-6-5-7-18(20)15-24)31-23-28-27-21(17-11-13-25-14-12-17)29(23)19-8-3-2-4-9-19/h2-14,16H,1H3,(H,26,30). The molecule has 1 unspecified atom stereocenters. The summed E-state index contributed by atoms with van der Waals surface area (Å²) in [6, 6.07) is 22.5. The van der Waals surface area contributed by atoms with Crippen LogP contribution in [0.5, 0.6) is 0 Å². The Balaban J connectivity index is 1.63. The zero-order valence-electron chi connectivity index (χ0n) is 16.6. The SMILES string of the molecule is CC(Sc1nnc(-c2ccncc2)n1-c1ccccc1)C(=O)Nc1ccccc1C#N. The van der Waals surface area contributed by atoms with Crippen molar-refractivity contribution in [2.24, 2.45) is 0 Å². The largest absolute Gasteiger partial charge is 0.324 e. The van der Waals surface area contributed by atoms with E-state index in [9.17, 15) is 10.1 Å². The molecule has 31 heavy (non-hydrogen) atoms. The quantitative estimate of drug-likeness (QED) is 0.461. The second kappa shape index (κ2) is 9.24. The molecule has 1 amide bonds. The second-order valence-corrected chi connectivity index (χ2v) is 7.93. The van der Waals surface area contributed by atoms with E-state index in [1.807, 2.05) is 47.0 Å². The number of nitriles is 1. The van der Waals surface area contributed by atoms with Crippen molar-refractivity contribution in [3.8, 4) is 23.1 Å². The van der Waals surface area contributed by atoms with Gasteiger partial charge in [0.1, 0.15) is 6.07 Å². The highest BCUT2D eigenvalue weighted by Gasteiger charge is 2.22. The van der Waals surface area contributed by atoms with Crippen LogP contribution < -0.4 is 5.32 Å². The zero-order valence-corrected chi connectivity index (χ0v) is 17.5. The molecule has 1 N–H and O–H groups in total. The number of nitrogens with one attached hydrogen (secondary N) is 1. The van der Waals surface area contributed by atoms with Gasteiger partial charge in [-0.25, -0.2) is 0 Å². The lowest BCUT2D eigenvalue weighted by Crippen LogP contribution is -2.23. The summed E-state index contributed by atoms with van der Waals surface area (Å²) in [5, 5.41) is 20.9. The average molecular weight is 427 g/mol. The van der Waals surface area contributed by atoms with E-state index in [4.69, 9.17) is 0 Å². The highest BCUT2D eigenvalue weighted by Crippen LogP contribution is 2.30. The number of hydrogen-bond acceptors (Lipinski definition) is 6. The van der Waals surface area contributed by atoms with E-state index in [1.54, 1.807) is 43.6 Å². The molecule has 0 radical (unpaired) electrons. The number of carbonyl (C=O) groups excluding carboxylic acids is 1. The maximum Gasteiger partial charge on any atom is 0.237 e. The van der Waals surface area contributed by atoms with Gasteiger partial charge in [-0.05, 0) is 43.3 Å². The van der Waals surface area contributed by atoms with Gasteiger partial charge in [0.05, 0.1) is 16.5 Å².